The van der Waals surface area contributed by atoms with Crippen molar-refractivity contribution < 1.29 is 8.42 Å². The Kier molecular flexibility index (Phi) is 4.52. The lowest BCUT2D eigenvalue weighted by Gasteiger charge is -2.08. The van der Waals surface area contributed by atoms with Crippen molar-refractivity contribution in [2.24, 2.45) is 0 Å². The number of sulfonamides is 1. The minimum atomic E-state index is -3.53. The molecule has 0 unspecified atom stereocenters. The normalized spacial score (nSPS) is 12.3. The van der Waals surface area contributed by atoms with Gasteiger partial charge in [-0.25, -0.2) is 13.1 Å². The zero-order chi connectivity index (χ0) is 14.6. The second kappa shape index (κ2) is 6.15. The number of fused-ring (bicyclic) bond motifs is 1. The van der Waals surface area contributed by atoms with Crippen LogP contribution in [-0.4, -0.2) is 19.9 Å². The number of rotatable bonds is 5. The molecule has 0 amide bonds. The Labute approximate surface area is 119 Å². The molecule has 0 spiro atoms. The summed E-state index contributed by atoms with van der Waals surface area (Å²) in [6.45, 7) is 4.23. The molecular weight excluding hydrogens is 272 g/mol. The smallest absolute Gasteiger partial charge is 0.242 e. The van der Waals surface area contributed by atoms with Gasteiger partial charge in [-0.15, -0.1) is 0 Å². The standard InChI is InChI=1S/C15H18N2O2S/c1-3-4-5-9-17-20(18,19)14-8-6-7-13-10-12(2)11-16-15(13)14/h3-4,6-8,10-11,17H,5,9H2,1-2H3/b4-3+. The molecule has 106 valence electrons. The molecule has 1 aromatic carbocycles. The van der Waals surface area contributed by atoms with Gasteiger partial charge in [0.25, 0.3) is 0 Å². The molecule has 2 aromatic rings. The Balaban J connectivity index is 2.36. The van der Waals surface area contributed by atoms with Crippen LogP contribution in [0.5, 0.6) is 0 Å². The van der Waals surface area contributed by atoms with Crippen molar-refractivity contribution in [3.05, 3.63) is 48.2 Å². The fraction of sp³-hybridized carbons (Fsp3) is 0.267. The van der Waals surface area contributed by atoms with Crippen molar-refractivity contribution in [3.8, 4) is 0 Å². The third kappa shape index (κ3) is 3.23. The minimum Gasteiger partial charge on any atom is -0.255 e. The molecule has 0 saturated heterocycles. The van der Waals surface area contributed by atoms with Gasteiger partial charge in [0.05, 0.1) is 5.52 Å². The molecular formula is C15H18N2O2S. The molecule has 0 aliphatic carbocycles. The first-order chi connectivity index (χ1) is 9.54. The highest BCUT2D eigenvalue weighted by Crippen LogP contribution is 2.21. The monoisotopic (exact) mass is 290 g/mol. The Bertz CT molecular complexity index is 737. The third-order valence-electron chi connectivity index (χ3n) is 2.94. The SMILES string of the molecule is C/C=C/CCNS(=O)(=O)c1cccc2cc(C)cnc12. The van der Waals surface area contributed by atoms with Crippen molar-refractivity contribution in [1.29, 1.82) is 0 Å². The van der Waals surface area contributed by atoms with Gasteiger partial charge >= 0.3 is 0 Å². The first kappa shape index (κ1) is 14.7. The Morgan fingerprint density at radius 2 is 2.15 bits per heavy atom. The van der Waals surface area contributed by atoms with Crippen LogP contribution in [0.3, 0.4) is 0 Å². The predicted octanol–water partition coefficient (Wildman–Crippen LogP) is 2.79. The van der Waals surface area contributed by atoms with E-state index in [1.807, 2.05) is 38.1 Å². The lowest BCUT2D eigenvalue weighted by atomic mass is 10.2. The lowest BCUT2D eigenvalue weighted by Crippen LogP contribution is -2.24. The van der Waals surface area contributed by atoms with Crippen LogP contribution in [0.2, 0.25) is 0 Å². The van der Waals surface area contributed by atoms with E-state index in [9.17, 15) is 8.42 Å². The fourth-order valence-corrected chi connectivity index (χ4v) is 3.21. The van der Waals surface area contributed by atoms with E-state index in [2.05, 4.69) is 9.71 Å². The highest BCUT2D eigenvalue weighted by molar-refractivity contribution is 7.89. The number of hydrogen-bond acceptors (Lipinski definition) is 3. The maximum atomic E-state index is 12.3. The first-order valence-corrected chi connectivity index (χ1v) is 7.99. The van der Waals surface area contributed by atoms with Crippen LogP contribution in [0.1, 0.15) is 18.9 Å². The van der Waals surface area contributed by atoms with E-state index in [0.717, 1.165) is 10.9 Å². The number of para-hydroxylation sites is 1. The van der Waals surface area contributed by atoms with E-state index in [1.54, 1.807) is 18.3 Å². The Morgan fingerprint density at radius 1 is 1.35 bits per heavy atom. The molecule has 1 heterocycles. The molecule has 0 aliphatic rings. The maximum absolute atomic E-state index is 12.3. The van der Waals surface area contributed by atoms with E-state index in [0.29, 0.717) is 18.5 Å². The molecule has 0 fully saturated rings. The van der Waals surface area contributed by atoms with Gasteiger partial charge in [0, 0.05) is 18.1 Å². The second-order valence-electron chi connectivity index (χ2n) is 4.60. The number of aromatic nitrogens is 1. The van der Waals surface area contributed by atoms with Crippen molar-refractivity contribution in [3.63, 3.8) is 0 Å². The topological polar surface area (TPSA) is 59.1 Å². The first-order valence-electron chi connectivity index (χ1n) is 6.51. The average Bonchev–Trinajstić information content (AvgIpc) is 2.42. The summed E-state index contributed by atoms with van der Waals surface area (Å²) in [7, 11) is -3.53. The Hall–Kier alpha value is -1.72. The van der Waals surface area contributed by atoms with Crippen LogP contribution in [0, 0.1) is 6.92 Å². The average molecular weight is 290 g/mol. The zero-order valence-electron chi connectivity index (χ0n) is 11.6. The van der Waals surface area contributed by atoms with Crippen LogP contribution >= 0.6 is 0 Å². The molecule has 0 atom stereocenters. The molecule has 0 saturated carbocycles. The zero-order valence-corrected chi connectivity index (χ0v) is 12.4. The van der Waals surface area contributed by atoms with Crippen LogP contribution in [-0.2, 0) is 10.0 Å². The molecule has 0 bridgehead atoms. The number of allylic oxidation sites excluding steroid dienone is 1. The highest BCUT2D eigenvalue weighted by Gasteiger charge is 2.17. The Morgan fingerprint density at radius 3 is 2.90 bits per heavy atom. The summed E-state index contributed by atoms with van der Waals surface area (Å²) in [5.41, 5.74) is 1.52. The summed E-state index contributed by atoms with van der Waals surface area (Å²) in [6.07, 6.45) is 6.18. The van der Waals surface area contributed by atoms with Gasteiger partial charge in [0.1, 0.15) is 4.90 Å². The van der Waals surface area contributed by atoms with Gasteiger partial charge in [-0.05, 0) is 38.0 Å². The van der Waals surface area contributed by atoms with Gasteiger partial charge in [0.15, 0.2) is 0 Å². The lowest BCUT2D eigenvalue weighted by molar-refractivity contribution is 0.583. The fourth-order valence-electron chi connectivity index (χ4n) is 1.98. The number of aryl methyl sites for hydroxylation is 1. The molecule has 0 aliphatic heterocycles. The van der Waals surface area contributed by atoms with Gasteiger partial charge in [-0.1, -0.05) is 24.3 Å². The second-order valence-corrected chi connectivity index (χ2v) is 6.33. The van der Waals surface area contributed by atoms with Crippen molar-refractivity contribution >= 4 is 20.9 Å². The number of benzene rings is 1. The molecule has 20 heavy (non-hydrogen) atoms. The summed E-state index contributed by atoms with van der Waals surface area (Å²) in [5.74, 6) is 0. The van der Waals surface area contributed by atoms with E-state index in [-0.39, 0.29) is 4.90 Å². The largest absolute Gasteiger partial charge is 0.255 e. The summed E-state index contributed by atoms with van der Waals surface area (Å²) < 4.78 is 27.2. The quantitative estimate of drug-likeness (QED) is 0.680. The molecule has 5 heteroatoms. The van der Waals surface area contributed by atoms with Crippen LogP contribution in [0.15, 0.2) is 47.5 Å². The summed E-state index contributed by atoms with van der Waals surface area (Å²) in [5, 5.41) is 0.835. The van der Waals surface area contributed by atoms with E-state index >= 15 is 0 Å². The van der Waals surface area contributed by atoms with Gasteiger partial charge < -0.3 is 0 Å². The predicted molar refractivity (Wildman–Crippen MR) is 81.1 cm³/mol. The van der Waals surface area contributed by atoms with Crippen molar-refractivity contribution in [1.82, 2.24) is 9.71 Å². The third-order valence-corrected chi connectivity index (χ3v) is 4.43. The molecule has 0 radical (unpaired) electrons. The van der Waals surface area contributed by atoms with Gasteiger partial charge in [0.2, 0.25) is 10.0 Å². The summed E-state index contributed by atoms with van der Waals surface area (Å²) in [4.78, 5) is 4.49. The number of pyridine rings is 1. The number of hydrogen-bond donors (Lipinski definition) is 1. The van der Waals surface area contributed by atoms with E-state index in [1.165, 1.54) is 0 Å². The number of nitrogens with zero attached hydrogens (tertiary/aromatic N) is 1. The molecule has 4 nitrogen and oxygen atoms in total. The van der Waals surface area contributed by atoms with Gasteiger partial charge in [-0.3, -0.25) is 4.98 Å². The minimum absolute atomic E-state index is 0.232. The molecule has 2 rings (SSSR count). The molecule has 1 N–H and O–H groups in total. The maximum Gasteiger partial charge on any atom is 0.242 e. The van der Waals surface area contributed by atoms with Crippen LogP contribution < -0.4 is 4.72 Å². The summed E-state index contributed by atoms with van der Waals surface area (Å²) in [6, 6.07) is 7.13. The van der Waals surface area contributed by atoms with Crippen LogP contribution in [0.25, 0.3) is 10.9 Å². The van der Waals surface area contributed by atoms with Gasteiger partial charge in [-0.2, -0.15) is 0 Å². The molecule has 1 aromatic heterocycles. The van der Waals surface area contributed by atoms with Crippen molar-refractivity contribution in [2.75, 3.05) is 6.54 Å². The highest BCUT2D eigenvalue weighted by atomic mass is 32.2. The van der Waals surface area contributed by atoms with E-state index in [4.69, 9.17) is 0 Å². The van der Waals surface area contributed by atoms with Crippen molar-refractivity contribution in [2.45, 2.75) is 25.2 Å². The van der Waals surface area contributed by atoms with E-state index < -0.39 is 10.0 Å². The van der Waals surface area contributed by atoms with Crippen LogP contribution in [0.4, 0.5) is 0 Å². The summed E-state index contributed by atoms with van der Waals surface area (Å²) >= 11 is 0. The number of nitrogens with one attached hydrogen (secondary N) is 1.